The summed E-state index contributed by atoms with van der Waals surface area (Å²) in [7, 11) is 1.66. The van der Waals surface area contributed by atoms with E-state index in [1.807, 2.05) is 48.5 Å². The van der Waals surface area contributed by atoms with Crippen molar-refractivity contribution in [3.05, 3.63) is 71.8 Å². The highest BCUT2D eigenvalue weighted by atomic mass is 16.5. The van der Waals surface area contributed by atoms with Crippen molar-refractivity contribution in [3.63, 3.8) is 0 Å². The highest BCUT2D eigenvalue weighted by Gasteiger charge is 2.23. The summed E-state index contributed by atoms with van der Waals surface area (Å²) in [6.45, 7) is 2.16. The van der Waals surface area contributed by atoms with Gasteiger partial charge in [-0.3, -0.25) is 4.79 Å². The molecule has 0 bridgehead atoms. The van der Waals surface area contributed by atoms with Crippen LogP contribution in [-0.2, 0) is 6.54 Å². The van der Waals surface area contributed by atoms with E-state index in [0.717, 1.165) is 35.3 Å². The number of hydrogen-bond donors (Lipinski definition) is 1. The van der Waals surface area contributed by atoms with Crippen molar-refractivity contribution in [3.8, 4) is 5.75 Å². The van der Waals surface area contributed by atoms with E-state index in [1.165, 1.54) is 5.56 Å². The number of anilines is 1. The molecule has 1 N–H and O–H groups in total. The standard InChI is InChI=1S/C21H20N2O2/c1-25-17-9-7-16-8-10-18-20(19(16)13-17)23(12-11-22-21(18)24)14-15-5-3-2-4-6-15/h2-10,13H,11-12,14H2,1H3,(H,22,24). The maximum Gasteiger partial charge on any atom is 0.253 e. The van der Waals surface area contributed by atoms with Crippen LogP contribution >= 0.6 is 0 Å². The maximum absolute atomic E-state index is 12.5. The fourth-order valence-corrected chi connectivity index (χ4v) is 3.41. The summed E-state index contributed by atoms with van der Waals surface area (Å²) < 4.78 is 5.41. The van der Waals surface area contributed by atoms with Crippen molar-refractivity contribution in [2.75, 3.05) is 25.1 Å². The van der Waals surface area contributed by atoms with Crippen LogP contribution in [0.25, 0.3) is 10.8 Å². The van der Waals surface area contributed by atoms with Crippen LogP contribution in [0.3, 0.4) is 0 Å². The van der Waals surface area contributed by atoms with Gasteiger partial charge >= 0.3 is 0 Å². The van der Waals surface area contributed by atoms with Gasteiger partial charge < -0.3 is 15.0 Å². The van der Waals surface area contributed by atoms with E-state index in [0.29, 0.717) is 12.1 Å². The smallest absolute Gasteiger partial charge is 0.253 e. The first-order valence-corrected chi connectivity index (χ1v) is 8.44. The molecule has 4 rings (SSSR count). The van der Waals surface area contributed by atoms with Crippen LogP contribution < -0.4 is 15.0 Å². The molecule has 4 nitrogen and oxygen atoms in total. The average molecular weight is 332 g/mol. The van der Waals surface area contributed by atoms with Gasteiger partial charge in [0.05, 0.1) is 18.4 Å². The molecule has 0 radical (unpaired) electrons. The lowest BCUT2D eigenvalue weighted by Gasteiger charge is -2.26. The number of benzene rings is 3. The molecule has 0 unspecified atom stereocenters. The van der Waals surface area contributed by atoms with E-state index in [9.17, 15) is 4.79 Å². The van der Waals surface area contributed by atoms with Gasteiger partial charge in [-0.15, -0.1) is 0 Å². The second-order valence-electron chi connectivity index (χ2n) is 6.21. The van der Waals surface area contributed by atoms with Crippen LogP contribution in [-0.4, -0.2) is 26.1 Å². The lowest BCUT2D eigenvalue weighted by Crippen LogP contribution is -2.29. The first-order chi connectivity index (χ1) is 12.3. The van der Waals surface area contributed by atoms with Crippen LogP contribution in [0.15, 0.2) is 60.7 Å². The lowest BCUT2D eigenvalue weighted by molar-refractivity contribution is 0.0958. The van der Waals surface area contributed by atoms with Gasteiger partial charge in [-0.25, -0.2) is 0 Å². The molecule has 1 aliphatic heterocycles. The van der Waals surface area contributed by atoms with E-state index in [-0.39, 0.29) is 5.91 Å². The minimum Gasteiger partial charge on any atom is -0.497 e. The second kappa shape index (κ2) is 6.48. The van der Waals surface area contributed by atoms with Crippen molar-refractivity contribution in [1.82, 2.24) is 5.32 Å². The summed E-state index contributed by atoms with van der Waals surface area (Å²) in [5.41, 5.74) is 2.92. The summed E-state index contributed by atoms with van der Waals surface area (Å²) in [5.74, 6) is 0.778. The van der Waals surface area contributed by atoms with Crippen LogP contribution in [0.1, 0.15) is 15.9 Å². The Morgan fingerprint density at radius 2 is 1.88 bits per heavy atom. The van der Waals surface area contributed by atoms with Gasteiger partial charge in [0.1, 0.15) is 5.75 Å². The topological polar surface area (TPSA) is 41.6 Å². The number of fused-ring (bicyclic) bond motifs is 3. The Hall–Kier alpha value is -3.01. The quantitative estimate of drug-likeness (QED) is 0.797. The van der Waals surface area contributed by atoms with E-state index in [4.69, 9.17) is 4.74 Å². The molecule has 0 saturated heterocycles. The Bertz CT molecular complexity index is 922. The Morgan fingerprint density at radius 3 is 2.68 bits per heavy atom. The maximum atomic E-state index is 12.5. The molecule has 3 aromatic rings. The number of amides is 1. The predicted octanol–water partition coefficient (Wildman–Crippen LogP) is 3.60. The minimum atomic E-state index is -0.0183. The van der Waals surface area contributed by atoms with Crippen molar-refractivity contribution < 1.29 is 9.53 Å². The fourth-order valence-electron chi connectivity index (χ4n) is 3.41. The number of hydrogen-bond acceptors (Lipinski definition) is 3. The molecule has 1 amide bonds. The van der Waals surface area contributed by atoms with Gasteiger partial charge in [-0.2, -0.15) is 0 Å². The monoisotopic (exact) mass is 332 g/mol. The Kier molecular flexibility index (Phi) is 4.02. The van der Waals surface area contributed by atoms with Crippen molar-refractivity contribution in [2.24, 2.45) is 0 Å². The molecule has 1 heterocycles. The number of carbonyl (C=O) groups excluding carboxylic acids is 1. The number of nitrogens with zero attached hydrogens (tertiary/aromatic N) is 1. The zero-order valence-electron chi connectivity index (χ0n) is 14.2. The molecule has 25 heavy (non-hydrogen) atoms. The van der Waals surface area contributed by atoms with E-state index in [1.54, 1.807) is 7.11 Å². The third-order valence-electron chi connectivity index (χ3n) is 4.64. The number of methoxy groups -OCH3 is 1. The molecule has 0 spiro atoms. The summed E-state index contributed by atoms with van der Waals surface area (Å²) in [5, 5.41) is 5.15. The zero-order valence-corrected chi connectivity index (χ0v) is 14.2. The molecule has 0 saturated carbocycles. The molecule has 0 atom stereocenters. The van der Waals surface area contributed by atoms with Crippen molar-refractivity contribution in [1.29, 1.82) is 0 Å². The first kappa shape index (κ1) is 15.5. The zero-order chi connectivity index (χ0) is 17.2. The fraction of sp³-hybridized carbons (Fsp3) is 0.190. The van der Waals surface area contributed by atoms with Gasteiger partial charge in [0.2, 0.25) is 0 Å². The van der Waals surface area contributed by atoms with Gasteiger partial charge in [-0.1, -0.05) is 42.5 Å². The van der Waals surface area contributed by atoms with Gasteiger partial charge in [-0.05, 0) is 29.1 Å². The average Bonchev–Trinajstić information content (AvgIpc) is 2.81. The van der Waals surface area contributed by atoms with Gasteiger partial charge in [0.25, 0.3) is 5.91 Å². The lowest BCUT2D eigenvalue weighted by atomic mass is 10.0. The molecule has 3 aromatic carbocycles. The SMILES string of the molecule is COc1ccc2ccc3c(c2c1)N(Cc1ccccc1)CCNC3=O. The Morgan fingerprint density at radius 1 is 1.08 bits per heavy atom. The summed E-state index contributed by atoms with van der Waals surface area (Å²) in [6.07, 6.45) is 0. The third-order valence-corrected chi connectivity index (χ3v) is 4.64. The summed E-state index contributed by atoms with van der Waals surface area (Å²) in [4.78, 5) is 14.8. The van der Waals surface area contributed by atoms with Gasteiger partial charge in [0, 0.05) is 25.0 Å². The molecule has 0 aliphatic carbocycles. The van der Waals surface area contributed by atoms with Crippen LogP contribution in [0.2, 0.25) is 0 Å². The second-order valence-corrected chi connectivity index (χ2v) is 6.21. The Balaban J connectivity index is 1.89. The van der Waals surface area contributed by atoms with E-state index >= 15 is 0 Å². The van der Waals surface area contributed by atoms with Crippen LogP contribution in [0.4, 0.5) is 5.69 Å². The highest BCUT2D eigenvalue weighted by Crippen LogP contribution is 2.35. The van der Waals surface area contributed by atoms with Gasteiger partial charge in [0.15, 0.2) is 0 Å². The number of rotatable bonds is 3. The Labute approximate surface area is 147 Å². The van der Waals surface area contributed by atoms with E-state index < -0.39 is 0 Å². The highest BCUT2D eigenvalue weighted by molar-refractivity contribution is 6.09. The normalized spacial score (nSPS) is 14.0. The van der Waals surface area contributed by atoms with Crippen LogP contribution in [0, 0.1) is 0 Å². The molecular weight excluding hydrogens is 312 g/mol. The largest absolute Gasteiger partial charge is 0.497 e. The predicted molar refractivity (Wildman–Crippen MR) is 100 cm³/mol. The number of ether oxygens (including phenoxy) is 1. The molecule has 0 aromatic heterocycles. The molecule has 4 heteroatoms. The number of nitrogens with one attached hydrogen (secondary N) is 1. The number of carbonyl (C=O) groups is 1. The van der Waals surface area contributed by atoms with Crippen molar-refractivity contribution in [2.45, 2.75) is 6.54 Å². The van der Waals surface area contributed by atoms with E-state index in [2.05, 4.69) is 22.3 Å². The minimum absolute atomic E-state index is 0.0183. The van der Waals surface area contributed by atoms with Crippen LogP contribution in [0.5, 0.6) is 5.75 Å². The first-order valence-electron chi connectivity index (χ1n) is 8.44. The molecular formula is C21H20N2O2. The molecule has 1 aliphatic rings. The molecule has 126 valence electrons. The summed E-state index contributed by atoms with van der Waals surface area (Å²) in [6, 6.07) is 20.3. The van der Waals surface area contributed by atoms with Crippen molar-refractivity contribution >= 4 is 22.4 Å². The molecule has 0 fully saturated rings. The third kappa shape index (κ3) is 2.91. The summed E-state index contributed by atoms with van der Waals surface area (Å²) >= 11 is 0.